The molecule has 1 aromatic carbocycles. The van der Waals surface area contributed by atoms with E-state index in [0.29, 0.717) is 24.6 Å². The number of benzene rings is 1. The zero-order valence-corrected chi connectivity index (χ0v) is 19.5. The number of rotatable bonds is 7. The maximum atomic E-state index is 13.0. The van der Waals surface area contributed by atoms with E-state index < -0.39 is 10.0 Å². The molecule has 2 aliphatic heterocycles. The second-order valence-corrected chi connectivity index (χ2v) is 10.8. The summed E-state index contributed by atoms with van der Waals surface area (Å²) in [4.78, 5) is 17.8. The van der Waals surface area contributed by atoms with Crippen LogP contribution in [0.1, 0.15) is 56.8 Å². The average molecular weight is 436 g/mol. The Kier molecular flexibility index (Phi) is 7.93. The molecular weight excluding hydrogens is 398 g/mol. The van der Waals surface area contributed by atoms with E-state index in [4.69, 9.17) is 0 Å². The molecule has 2 heterocycles. The quantitative estimate of drug-likeness (QED) is 0.659. The van der Waals surface area contributed by atoms with Crippen LogP contribution in [-0.2, 0) is 10.0 Å². The van der Waals surface area contributed by atoms with Gasteiger partial charge in [0.15, 0.2) is 0 Å². The van der Waals surface area contributed by atoms with Gasteiger partial charge in [-0.1, -0.05) is 20.8 Å². The molecular formula is C23H37N3O3S. The van der Waals surface area contributed by atoms with E-state index in [2.05, 4.69) is 11.8 Å². The van der Waals surface area contributed by atoms with Crippen LogP contribution in [0.5, 0.6) is 0 Å². The van der Waals surface area contributed by atoms with E-state index in [9.17, 15) is 13.2 Å². The molecule has 0 bridgehead atoms. The van der Waals surface area contributed by atoms with Crippen LogP contribution in [-0.4, -0.2) is 74.2 Å². The first-order valence-corrected chi connectivity index (χ1v) is 12.9. The Morgan fingerprint density at radius 2 is 1.67 bits per heavy atom. The first-order chi connectivity index (χ1) is 14.3. The Hall–Kier alpha value is -1.44. The largest absolute Gasteiger partial charge is 0.338 e. The van der Waals surface area contributed by atoms with Gasteiger partial charge in [0.25, 0.3) is 5.91 Å². The normalized spacial score (nSPS) is 21.9. The maximum Gasteiger partial charge on any atom is 0.253 e. The summed E-state index contributed by atoms with van der Waals surface area (Å²) in [5.41, 5.74) is 0.570. The molecule has 0 aromatic heterocycles. The Labute approximate surface area is 182 Å². The molecule has 0 N–H and O–H groups in total. The van der Waals surface area contributed by atoms with Crippen LogP contribution in [0.4, 0.5) is 0 Å². The predicted molar refractivity (Wildman–Crippen MR) is 120 cm³/mol. The van der Waals surface area contributed by atoms with Crippen molar-refractivity contribution in [3.8, 4) is 0 Å². The number of nitrogens with zero attached hydrogens (tertiary/aromatic N) is 3. The van der Waals surface area contributed by atoms with E-state index in [1.54, 1.807) is 24.3 Å². The highest BCUT2D eigenvalue weighted by atomic mass is 32.2. The van der Waals surface area contributed by atoms with Gasteiger partial charge in [0.2, 0.25) is 10.0 Å². The first-order valence-electron chi connectivity index (χ1n) is 11.5. The van der Waals surface area contributed by atoms with Crippen LogP contribution >= 0.6 is 0 Å². The van der Waals surface area contributed by atoms with Gasteiger partial charge in [-0.25, -0.2) is 8.42 Å². The summed E-state index contributed by atoms with van der Waals surface area (Å²) in [5, 5.41) is 0. The molecule has 30 heavy (non-hydrogen) atoms. The van der Waals surface area contributed by atoms with Crippen molar-refractivity contribution in [1.82, 2.24) is 14.1 Å². The lowest BCUT2D eigenvalue weighted by atomic mass is 9.94. The van der Waals surface area contributed by atoms with Crippen molar-refractivity contribution in [3.05, 3.63) is 29.8 Å². The second kappa shape index (κ2) is 10.2. The van der Waals surface area contributed by atoms with E-state index in [1.165, 1.54) is 36.7 Å². The Balaban J connectivity index is 1.61. The fourth-order valence-corrected chi connectivity index (χ4v) is 6.13. The van der Waals surface area contributed by atoms with Gasteiger partial charge in [0, 0.05) is 38.3 Å². The minimum atomic E-state index is -3.49. The summed E-state index contributed by atoms with van der Waals surface area (Å²) in [6.07, 6.45) is 4.77. The fourth-order valence-electron chi connectivity index (χ4n) is 4.67. The number of hydrogen-bond donors (Lipinski definition) is 0. The van der Waals surface area contributed by atoms with Crippen molar-refractivity contribution < 1.29 is 13.2 Å². The zero-order chi connectivity index (χ0) is 21.7. The van der Waals surface area contributed by atoms with Crippen LogP contribution in [0.15, 0.2) is 29.2 Å². The average Bonchev–Trinajstić information content (AvgIpc) is 2.76. The van der Waals surface area contributed by atoms with Crippen molar-refractivity contribution in [2.24, 2.45) is 11.8 Å². The summed E-state index contributed by atoms with van der Waals surface area (Å²) in [5.74, 6) is 1.37. The molecule has 1 unspecified atom stereocenters. The van der Waals surface area contributed by atoms with E-state index in [-0.39, 0.29) is 10.8 Å². The second-order valence-electron chi connectivity index (χ2n) is 8.86. The number of carbonyl (C=O) groups is 1. The van der Waals surface area contributed by atoms with Crippen LogP contribution in [0.3, 0.4) is 0 Å². The van der Waals surface area contributed by atoms with Crippen LogP contribution in [0.25, 0.3) is 0 Å². The summed E-state index contributed by atoms with van der Waals surface area (Å²) in [7, 11) is -3.49. The molecule has 168 valence electrons. The van der Waals surface area contributed by atoms with Gasteiger partial charge in [-0.05, 0) is 74.9 Å². The van der Waals surface area contributed by atoms with Gasteiger partial charge in [-0.15, -0.1) is 0 Å². The van der Waals surface area contributed by atoms with Gasteiger partial charge in [-0.3, -0.25) is 4.79 Å². The first kappa shape index (κ1) is 23.2. The molecule has 0 spiro atoms. The molecule has 2 fully saturated rings. The third-order valence-electron chi connectivity index (χ3n) is 6.64. The molecule has 3 rings (SSSR count). The minimum absolute atomic E-state index is 0.0127. The minimum Gasteiger partial charge on any atom is -0.338 e. The Bertz CT molecular complexity index is 797. The third kappa shape index (κ3) is 5.42. The van der Waals surface area contributed by atoms with Crippen molar-refractivity contribution in [3.63, 3.8) is 0 Å². The number of hydrogen-bond acceptors (Lipinski definition) is 4. The highest BCUT2D eigenvalue weighted by Crippen LogP contribution is 2.23. The molecule has 1 amide bonds. The van der Waals surface area contributed by atoms with Crippen molar-refractivity contribution >= 4 is 15.9 Å². The van der Waals surface area contributed by atoms with Crippen molar-refractivity contribution in [2.45, 2.75) is 51.3 Å². The molecule has 0 saturated carbocycles. The lowest BCUT2D eigenvalue weighted by molar-refractivity contribution is 0.0622. The maximum absolute atomic E-state index is 13.0. The molecule has 7 heteroatoms. The van der Waals surface area contributed by atoms with Crippen LogP contribution in [0, 0.1) is 11.8 Å². The van der Waals surface area contributed by atoms with Gasteiger partial charge >= 0.3 is 0 Å². The number of amides is 1. The SMILES string of the molecule is CCN(CC)S(=O)(=O)c1ccc(C(=O)N2CCCC(CN3CCC(C)CC3)C2)cc1. The van der Waals surface area contributed by atoms with E-state index in [1.807, 2.05) is 18.7 Å². The lowest BCUT2D eigenvalue weighted by Gasteiger charge is -2.38. The number of carbonyl (C=O) groups excluding carboxylic acids is 1. The van der Waals surface area contributed by atoms with Crippen molar-refractivity contribution in [1.29, 1.82) is 0 Å². The predicted octanol–water partition coefficient (Wildman–Crippen LogP) is 3.30. The third-order valence-corrected chi connectivity index (χ3v) is 8.71. The number of piperidine rings is 2. The van der Waals surface area contributed by atoms with E-state index in [0.717, 1.165) is 32.0 Å². The molecule has 6 nitrogen and oxygen atoms in total. The van der Waals surface area contributed by atoms with Gasteiger partial charge in [0.05, 0.1) is 4.90 Å². The van der Waals surface area contributed by atoms with Crippen molar-refractivity contribution in [2.75, 3.05) is 45.8 Å². The highest BCUT2D eigenvalue weighted by Gasteiger charge is 2.28. The summed E-state index contributed by atoms with van der Waals surface area (Å²) < 4.78 is 26.7. The molecule has 2 saturated heterocycles. The van der Waals surface area contributed by atoms with E-state index >= 15 is 0 Å². The number of likely N-dealkylation sites (tertiary alicyclic amines) is 2. The molecule has 2 aliphatic rings. The summed E-state index contributed by atoms with van der Waals surface area (Å²) in [6, 6.07) is 6.46. The molecule has 0 aliphatic carbocycles. The van der Waals surface area contributed by atoms with Gasteiger partial charge in [0.1, 0.15) is 0 Å². The molecule has 1 aromatic rings. The smallest absolute Gasteiger partial charge is 0.253 e. The zero-order valence-electron chi connectivity index (χ0n) is 18.7. The highest BCUT2D eigenvalue weighted by molar-refractivity contribution is 7.89. The standard InChI is InChI=1S/C23H37N3O3S/c1-4-26(5-2)30(28,29)22-10-8-21(9-11-22)23(27)25-14-6-7-20(18-25)17-24-15-12-19(3)13-16-24/h8-11,19-20H,4-7,12-18H2,1-3H3. The fraction of sp³-hybridized carbons (Fsp3) is 0.696. The van der Waals surface area contributed by atoms with Crippen LogP contribution < -0.4 is 0 Å². The summed E-state index contributed by atoms with van der Waals surface area (Å²) in [6.45, 7) is 11.9. The summed E-state index contributed by atoms with van der Waals surface area (Å²) >= 11 is 0. The van der Waals surface area contributed by atoms with Gasteiger partial charge in [-0.2, -0.15) is 4.31 Å². The topological polar surface area (TPSA) is 60.9 Å². The van der Waals surface area contributed by atoms with Crippen LogP contribution in [0.2, 0.25) is 0 Å². The lowest BCUT2D eigenvalue weighted by Crippen LogP contribution is -2.45. The van der Waals surface area contributed by atoms with Gasteiger partial charge < -0.3 is 9.80 Å². The Morgan fingerprint density at radius 3 is 2.27 bits per heavy atom. The molecule has 0 radical (unpaired) electrons. The number of sulfonamides is 1. The monoisotopic (exact) mass is 435 g/mol. The Morgan fingerprint density at radius 1 is 1.03 bits per heavy atom. The molecule has 1 atom stereocenters.